The van der Waals surface area contributed by atoms with Gasteiger partial charge in [-0.2, -0.15) is 0 Å². The van der Waals surface area contributed by atoms with Gasteiger partial charge in [-0.3, -0.25) is 4.79 Å². The first-order chi connectivity index (χ1) is 10.9. The Morgan fingerprint density at radius 1 is 1.43 bits per heavy atom. The molecular weight excluding hydrogens is 298 g/mol. The molecule has 2 rings (SSSR count). The first-order valence-corrected chi connectivity index (χ1v) is 7.61. The number of aldehydes is 1. The van der Waals surface area contributed by atoms with Gasteiger partial charge in [0.2, 0.25) is 5.91 Å². The van der Waals surface area contributed by atoms with E-state index in [4.69, 9.17) is 14.2 Å². The molecule has 0 saturated carbocycles. The molecule has 1 aliphatic heterocycles. The van der Waals surface area contributed by atoms with Gasteiger partial charge < -0.3 is 24.3 Å². The summed E-state index contributed by atoms with van der Waals surface area (Å²) >= 11 is 0. The largest absolute Gasteiger partial charge is 0.364 e. The predicted octanol–water partition coefficient (Wildman–Crippen LogP) is 1.43. The fraction of sp³-hybridized carbons (Fsp3) is 0.529. The summed E-state index contributed by atoms with van der Waals surface area (Å²) in [4.78, 5) is 23.0. The second kappa shape index (κ2) is 7.68. The van der Waals surface area contributed by atoms with E-state index in [1.165, 1.54) is 6.92 Å². The molecule has 3 atom stereocenters. The summed E-state index contributed by atoms with van der Waals surface area (Å²) in [5, 5.41) is 2.75. The Balaban J connectivity index is 2.05. The molecule has 1 N–H and O–H groups in total. The molecule has 0 bridgehead atoms. The van der Waals surface area contributed by atoms with Gasteiger partial charge in [0.05, 0.1) is 19.3 Å². The van der Waals surface area contributed by atoms with Gasteiger partial charge in [0, 0.05) is 6.92 Å². The van der Waals surface area contributed by atoms with E-state index < -0.39 is 24.0 Å². The van der Waals surface area contributed by atoms with E-state index in [0.29, 0.717) is 6.29 Å². The number of hydrogen-bond acceptors (Lipinski definition) is 5. The molecule has 1 aliphatic rings. The number of carbonyl (C=O) groups excluding carboxylic acids is 2. The van der Waals surface area contributed by atoms with Crippen molar-refractivity contribution in [3.05, 3.63) is 35.9 Å². The monoisotopic (exact) mass is 321 g/mol. The minimum Gasteiger partial charge on any atom is -0.364 e. The first-order valence-electron chi connectivity index (χ1n) is 7.61. The number of rotatable bonds is 7. The molecule has 1 aromatic rings. The molecule has 1 aromatic carbocycles. The van der Waals surface area contributed by atoms with Crippen LogP contribution in [-0.2, 0) is 30.4 Å². The molecule has 0 spiro atoms. The van der Waals surface area contributed by atoms with Crippen LogP contribution in [0, 0.1) is 0 Å². The number of ether oxygens (including phenoxy) is 3. The van der Waals surface area contributed by atoms with E-state index in [1.54, 1.807) is 13.8 Å². The number of amides is 1. The lowest BCUT2D eigenvalue weighted by Crippen LogP contribution is -2.53. The number of nitrogens with one attached hydrogen (secondary N) is 1. The van der Waals surface area contributed by atoms with E-state index in [1.807, 2.05) is 30.3 Å². The van der Waals surface area contributed by atoms with Crippen LogP contribution in [0.5, 0.6) is 0 Å². The third-order valence-electron chi connectivity index (χ3n) is 3.57. The molecule has 0 aliphatic carbocycles. The van der Waals surface area contributed by atoms with E-state index in [9.17, 15) is 9.59 Å². The van der Waals surface area contributed by atoms with Crippen LogP contribution in [0.4, 0.5) is 0 Å². The average molecular weight is 321 g/mol. The van der Waals surface area contributed by atoms with Gasteiger partial charge in [0.25, 0.3) is 0 Å². The normalized spacial score (nSPS) is 22.3. The number of hydrogen-bond donors (Lipinski definition) is 1. The first kappa shape index (κ1) is 17.6. The fourth-order valence-corrected chi connectivity index (χ4v) is 2.51. The van der Waals surface area contributed by atoms with E-state index in [-0.39, 0.29) is 19.1 Å². The van der Waals surface area contributed by atoms with Crippen LogP contribution in [0.15, 0.2) is 30.3 Å². The molecule has 1 amide bonds. The van der Waals surface area contributed by atoms with Gasteiger partial charge in [0.1, 0.15) is 12.2 Å². The highest BCUT2D eigenvalue weighted by Gasteiger charge is 2.41. The van der Waals surface area contributed by atoms with Crippen LogP contribution < -0.4 is 5.32 Å². The Hall–Kier alpha value is -1.76. The molecule has 1 fully saturated rings. The number of carbonyl (C=O) groups is 2. The minimum atomic E-state index is -0.818. The zero-order chi connectivity index (χ0) is 16.9. The molecule has 0 unspecified atom stereocenters. The topological polar surface area (TPSA) is 73.9 Å². The van der Waals surface area contributed by atoms with Crippen molar-refractivity contribution < 1.29 is 23.8 Å². The Bertz CT molecular complexity index is 531. The molecule has 0 aromatic heterocycles. The molecule has 1 heterocycles. The highest BCUT2D eigenvalue weighted by Crippen LogP contribution is 2.26. The van der Waals surface area contributed by atoms with Gasteiger partial charge in [-0.1, -0.05) is 30.3 Å². The Morgan fingerprint density at radius 2 is 2.13 bits per heavy atom. The zero-order valence-corrected chi connectivity index (χ0v) is 13.7. The van der Waals surface area contributed by atoms with Gasteiger partial charge in [0.15, 0.2) is 12.1 Å². The Morgan fingerprint density at radius 3 is 2.65 bits per heavy atom. The van der Waals surface area contributed by atoms with Crippen molar-refractivity contribution >= 4 is 12.2 Å². The van der Waals surface area contributed by atoms with Crippen molar-refractivity contribution in [2.45, 2.75) is 51.4 Å². The molecule has 0 radical (unpaired) electrons. The van der Waals surface area contributed by atoms with Gasteiger partial charge in [-0.15, -0.1) is 0 Å². The quantitative estimate of drug-likeness (QED) is 0.769. The third-order valence-corrected chi connectivity index (χ3v) is 3.57. The lowest BCUT2D eigenvalue weighted by atomic mass is 10.1. The second-order valence-electron chi connectivity index (χ2n) is 5.99. The molecule has 6 nitrogen and oxygen atoms in total. The summed E-state index contributed by atoms with van der Waals surface area (Å²) in [6.07, 6.45) is -0.570. The van der Waals surface area contributed by atoms with Crippen molar-refractivity contribution in [2.24, 2.45) is 0 Å². The standard InChI is InChI=1S/C17H23NO5/c1-12(20)18-16(15-11-22-17(2,3)23-15)14(9-19)21-10-13-7-5-4-6-8-13/h4-9,14-16H,10-11H2,1-3H3,(H,18,20)/t14-,15-,16+/m0/s1. The summed E-state index contributed by atoms with van der Waals surface area (Å²) in [6.45, 7) is 5.54. The Labute approximate surface area is 136 Å². The van der Waals surface area contributed by atoms with Gasteiger partial charge in [-0.05, 0) is 19.4 Å². The number of benzene rings is 1. The maximum atomic E-state index is 11.5. The SMILES string of the molecule is CC(=O)N[C@H]([C@H](C=O)OCc1ccccc1)[C@@H]1COC(C)(C)O1. The fourth-order valence-electron chi connectivity index (χ4n) is 2.51. The van der Waals surface area contributed by atoms with Crippen LogP contribution >= 0.6 is 0 Å². The summed E-state index contributed by atoms with van der Waals surface area (Å²) < 4.78 is 17.0. The second-order valence-corrected chi connectivity index (χ2v) is 5.99. The summed E-state index contributed by atoms with van der Waals surface area (Å²) in [5.74, 6) is -0.993. The van der Waals surface area contributed by atoms with E-state index >= 15 is 0 Å². The predicted molar refractivity (Wildman–Crippen MR) is 83.6 cm³/mol. The van der Waals surface area contributed by atoms with Crippen molar-refractivity contribution in [1.82, 2.24) is 5.32 Å². The summed E-state index contributed by atoms with van der Waals surface area (Å²) in [7, 11) is 0. The highest BCUT2D eigenvalue weighted by molar-refractivity contribution is 5.74. The van der Waals surface area contributed by atoms with Crippen LogP contribution in [-0.4, -0.2) is 42.8 Å². The van der Waals surface area contributed by atoms with Crippen LogP contribution in [0.25, 0.3) is 0 Å². The van der Waals surface area contributed by atoms with Crippen molar-refractivity contribution in [3.8, 4) is 0 Å². The van der Waals surface area contributed by atoms with Gasteiger partial charge in [-0.25, -0.2) is 0 Å². The molecule has 1 saturated heterocycles. The maximum absolute atomic E-state index is 11.5. The molecular formula is C17H23NO5. The Kier molecular flexibility index (Phi) is 5.87. The van der Waals surface area contributed by atoms with Crippen LogP contribution in [0.1, 0.15) is 26.3 Å². The minimum absolute atomic E-state index is 0.251. The molecule has 23 heavy (non-hydrogen) atoms. The summed E-state index contributed by atoms with van der Waals surface area (Å²) in [6, 6.07) is 8.93. The van der Waals surface area contributed by atoms with Crippen molar-refractivity contribution in [2.75, 3.05) is 6.61 Å². The maximum Gasteiger partial charge on any atom is 0.217 e. The molecule has 126 valence electrons. The van der Waals surface area contributed by atoms with Crippen molar-refractivity contribution in [1.29, 1.82) is 0 Å². The zero-order valence-electron chi connectivity index (χ0n) is 13.7. The smallest absolute Gasteiger partial charge is 0.217 e. The lowest BCUT2D eigenvalue weighted by molar-refractivity contribution is -0.152. The van der Waals surface area contributed by atoms with Crippen LogP contribution in [0.2, 0.25) is 0 Å². The average Bonchev–Trinajstić information content (AvgIpc) is 2.87. The van der Waals surface area contributed by atoms with E-state index in [2.05, 4.69) is 5.32 Å². The summed E-state index contributed by atoms with van der Waals surface area (Å²) in [5.41, 5.74) is 0.949. The highest BCUT2D eigenvalue weighted by atomic mass is 16.7. The third kappa shape index (κ3) is 5.13. The lowest BCUT2D eigenvalue weighted by Gasteiger charge is -2.28. The molecule has 6 heteroatoms. The van der Waals surface area contributed by atoms with E-state index in [0.717, 1.165) is 5.56 Å². The van der Waals surface area contributed by atoms with Crippen molar-refractivity contribution in [3.63, 3.8) is 0 Å². The van der Waals surface area contributed by atoms with Crippen LogP contribution in [0.3, 0.4) is 0 Å². The van der Waals surface area contributed by atoms with Gasteiger partial charge >= 0.3 is 0 Å².